The third-order valence-electron chi connectivity index (χ3n) is 4.68. The number of halogens is 2. The van der Waals surface area contributed by atoms with E-state index in [9.17, 15) is 13.6 Å². The van der Waals surface area contributed by atoms with Crippen molar-refractivity contribution in [2.75, 3.05) is 36.5 Å². The molecular formula is C19H19F2N3O2. The minimum Gasteiger partial charge on any atom is -0.486 e. The van der Waals surface area contributed by atoms with Crippen molar-refractivity contribution in [2.24, 2.45) is 0 Å². The number of likely N-dealkylation sites (tertiary alicyclic amines) is 1. The van der Waals surface area contributed by atoms with Crippen molar-refractivity contribution in [1.29, 1.82) is 0 Å². The Labute approximate surface area is 150 Å². The SMILES string of the molecule is O=C(N1CCC(Nc2ccccc2)C1)N1CCOc2c(F)cc(F)cc21. The van der Waals surface area contributed by atoms with Crippen molar-refractivity contribution >= 4 is 17.4 Å². The third-order valence-corrected chi connectivity index (χ3v) is 4.68. The number of amides is 2. The Bertz CT molecular complexity index is 816. The number of fused-ring (bicyclic) bond motifs is 1. The molecule has 0 bridgehead atoms. The van der Waals surface area contributed by atoms with Gasteiger partial charge in [0.1, 0.15) is 12.4 Å². The van der Waals surface area contributed by atoms with E-state index in [2.05, 4.69) is 5.32 Å². The number of hydrogen-bond donors (Lipinski definition) is 1. The lowest BCUT2D eigenvalue weighted by atomic mass is 10.2. The van der Waals surface area contributed by atoms with Crippen LogP contribution < -0.4 is 15.0 Å². The Morgan fingerprint density at radius 3 is 2.77 bits per heavy atom. The summed E-state index contributed by atoms with van der Waals surface area (Å²) in [7, 11) is 0. The second-order valence-electron chi connectivity index (χ2n) is 6.46. The number of carbonyl (C=O) groups is 1. The van der Waals surface area contributed by atoms with Crippen LogP contribution in [0, 0.1) is 11.6 Å². The lowest BCUT2D eigenvalue weighted by molar-refractivity contribution is 0.209. The van der Waals surface area contributed by atoms with Crippen LogP contribution in [-0.4, -0.2) is 43.2 Å². The van der Waals surface area contributed by atoms with E-state index in [1.54, 1.807) is 4.90 Å². The summed E-state index contributed by atoms with van der Waals surface area (Å²) in [6.45, 7) is 1.58. The summed E-state index contributed by atoms with van der Waals surface area (Å²) < 4.78 is 32.8. The predicted molar refractivity (Wildman–Crippen MR) is 94.6 cm³/mol. The molecule has 2 heterocycles. The summed E-state index contributed by atoms with van der Waals surface area (Å²) in [6, 6.07) is 11.6. The molecule has 2 aromatic rings. The van der Waals surface area contributed by atoms with E-state index in [1.165, 1.54) is 4.90 Å². The third kappa shape index (κ3) is 3.16. The average Bonchev–Trinajstić information content (AvgIpc) is 3.10. The van der Waals surface area contributed by atoms with Crippen molar-refractivity contribution in [3.05, 3.63) is 54.1 Å². The van der Waals surface area contributed by atoms with Crippen LogP contribution in [0.5, 0.6) is 5.75 Å². The van der Waals surface area contributed by atoms with E-state index < -0.39 is 11.6 Å². The van der Waals surface area contributed by atoms with Crippen molar-refractivity contribution in [2.45, 2.75) is 12.5 Å². The molecule has 2 aromatic carbocycles. The summed E-state index contributed by atoms with van der Waals surface area (Å²) in [5.74, 6) is -1.58. The van der Waals surface area contributed by atoms with Gasteiger partial charge in [-0.25, -0.2) is 13.6 Å². The molecule has 0 spiro atoms. The van der Waals surface area contributed by atoms with Crippen LogP contribution in [0.3, 0.4) is 0 Å². The lowest BCUT2D eigenvalue weighted by Crippen LogP contribution is -2.46. The molecule has 4 rings (SSSR count). The second-order valence-corrected chi connectivity index (χ2v) is 6.46. The van der Waals surface area contributed by atoms with Gasteiger partial charge in [-0.15, -0.1) is 0 Å². The second kappa shape index (κ2) is 6.82. The van der Waals surface area contributed by atoms with Gasteiger partial charge in [0.25, 0.3) is 0 Å². The highest BCUT2D eigenvalue weighted by Gasteiger charge is 2.33. The molecule has 0 saturated carbocycles. The maximum absolute atomic E-state index is 13.9. The number of para-hydroxylation sites is 1. The largest absolute Gasteiger partial charge is 0.486 e. The number of rotatable bonds is 2. The molecule has 0 aliphatic carbocycles. The van der Waals surface area contributed by atoms with Crippen LogP contribution in [-0.2, 0) is 0 Å². The van der Waals surface area contributed by atoms with E-state index in [4.69, 9.17) is 4.74 Å². The fourth-order valence-corrected chi connectivity index (χ4v) is 3.44. The molecular weight excluding hydrogens is 340 g/mol. The van der Waals surface area contributed by atoms with Gasteiger partial charge in [-0.2, -0.15) is 0 Å². The molecule has 1 N–H and O–H groups in total. The van der Waals surface area contributed by atoms with Gasteiger partial charge in [-0.3, -0.25) is 4.90 Å². The minimum absolute atomic E-state index is 0.0656. The van der Waals surface area contributed by atoms with Gasteiger partial charge in [0.15, 0.2) is 11.6 Å². The summed E-state index contributed by atoms with van der Waals surface area (Å²) in [6.07, 6.45) is 0.815. The molecule has 136 valence electrons. The van der Waals surface area contributed by atoms with Gasteiger partial charge in [-0.1, -0.05) is 18.2 Å². The van der Waals surface area contributed by atoms with Gasteiger partial charge >= 0.3 is 6.03 Å². The van der Waals surface area contributed by atoms with Crippen LogP contribution in [0.1, 0.15) is 6.42 Å². The summed E-state index contributed by atoms with van der Waals surface area (Å²) >= 11 is 0. The standard InChI is InChI=1S/C19H19F2N3O2/c20-13-10-16(21)18-17(11-13)24(8-9-26-18)19(25)23-7-6-15(12-23)22-14-4-2-1-3-5-14/h1-5,10-11,15,22H,6-9,12H2. The molecule has 0 radical (unpaired) electrons. The van der Waals surface area contributed by atoms with E-state index in [0.29, 0.717) is 13.1 Å². The molecule has 1 saturated heterocycles. The van der Waals surface area contributed by atoms with E-state index in [0.717, 1.165) is 24.2 Å². The van der Waals surface area contributed by atoms with Crippen LogP contribution in [0.2, 0.25) is 0 Å². The summed E-state index contributed by atoms with van der Waals surface area (Å²) in [5, 5.41) is 3.41. The smallest absolute Gasteiger partial charge is 0.324 e. The minimum atomic E-state index is -0.789. The normalized spacial score (nSPS) is 19.1. The first-order chi connectivity index (χ1) is 12.6. The number of anilines is 2. The Kier molecular flexibility index (Phi) is 4.36. The zero-order valence-corrected chi connectivity index (χ0v) is 14.1. The molecule has 2 amide bonds. The van der Waals surface area contributed by atoms with Gasteiger partial charge in [0, 0.05) is 37.0 Å². The highest BCUT2D eigenvalue weighted by atomic mass is 19.1. The van der Waals surface area contributed by atoms with E-state index >= 15 is 0 Å². The molecule has 26 heavy (non-hydrogen) atoms. The van der Waals surface area contributed by atoms with Gasteiger partial charge in [-0.05, 0) is 18.6 Å². The Morgan fingerprint density at radius 2 is 1.96 bits per heavy atom. The Hall–Kier alpha value is -2.83. The van der Waals surface area contributed by atoms with Crippen LogP contribution in [0.25, 0.3) is 0 Å². The molecule has 0 aromatic heterocycles. The molecule has 1 unspecified atom stereocenters. The van der Waals surface area contributed by atoms with Crippen molar-refractivity contribution in [1.82, 2.24) is 4.90 Å². The number of carbonyl (C=O) groups excluding carboxylic acids is 1. The molecule has 2 aliphatic rings. The van der Waals surface area contributed by atoms with Crippen LogP contribution in [0.4, 0.5) is 25.0 Å². The van der Waals surface area contributed by atoms with Crippen molar-refractivity contribution in [3.8, 4) is 5.75 Å². The zero-order valence-electron chi connectivity index (χ0n) is 14.1. The number of benzene rings is 2. The first kappa shape index (κ1) is 16.6. The zero-order chi connectivity index (χ0) is 18.1. The van der Waals surface area contributed by atoms with Crippen molar-refractivity contribution in [3.63, 3.8) is 0 Å². The lowest BCUT2D eigenvalue weighted by Gasteiger charge is -2.32. The summed E-state index contributed by atoms with van der Waals surface area (Å²) in [5.41, 5.74) is 1.16. The number of ether oxygens (including phenoxy) is 1. The predicted octanol–water partition coefficient (Wildman–Crippen LogP) is 3.47. The first-order valence-electron chi connectivity index (χ1n) is 8.61. The Balaban J connectivity index is 1.48. The van der Waals surface area contributed by atoms with Crippen LogP contribution >= 0.6 is 0 Å². The van der Waals surface area contributed by atoms with Crippen molar-refractivity contribution < 1.29 is 18.3 Å². The topological polar surface area (TPSA) is 44.8 Å². The van der Waals surface area contributed by atoms with Crippen LogP contribution in [0.15, 0.2) is 42.5 Å². The number of nitrogens with one attached hydrogen (secondary N) is 1. The molecule has 2 aliphatic heterocycles. The quantitative estimate of drug-likeness (QED) is 0.893. The summed E-state index contributed by atoms with van der Waals surface area (Å²) in [4.78, 5) is 16.0. The maximum Gasteiger partial charge on any atom is 0.324 e. The Morgan fingerprint density at radius 1 is 1.15 bits per heavy atom. The molecule has 5 nitrogen and oxygen atoms in total. The maximum atomic E-state index is 13.9. The number of hydrogen-bond acceptors (Lipinski definition) is 3. The van der Waals surface area contributed by atoms with Gasteiger partial charge in [0.2, 0.25) is 0 Å². The number of urea groups is 1. The molecule has 1 fully saturated rings. The fourth-order valence-electron chi connectivity index (χ4n) is 3.44. The molecule has 1 atom stereocenters. The highest BCUT2D eigenvalue weighted by molar-refractivity contribution is 5.94. The van der Waals surface area contributed by atoms with Gasteiger partial charge in [0.05, 0.1) is 12.2 Å². The monoisotopic (exact) mass is 359 g/mol. The highest BCUT2D eigenvalue weighted by Crippen LogP contribution is 2.36. The molecule has 7 heteroatoms. The van der Waals surface area contributed by atoms with E-state index in [-0.39, 0.29) is 36.7 Å². The average molecular weight is 359 g/mol. The fraction of sp³-hybridized carbons (Fsp3) is 0.316. The van der Waals surface area contributed by atoms with E-state index in [1.807, 2.05) is 30.3 Å². The van der Waals surface area contributed by atoms with Gasteiger partial charge < -0.3 is 15.0 Å². The number of nitrogens with zero attached hydrogens (tertiary/aromatic N) is 2. The first-order valence-corrected chi connectivity index (χ1v) is 8.61.